The highest BCUT2D eigenvalue weighted by molar-refractivity contribution is 5.96. The van der Waals surface area contributed by atoms with Crippen LogP contribution >= 0.6 is 0 Å². The molecule has 1 aromatic carbocycles. The summed E-state index contributed by atoms with van der Waals surface area (Å²) in [7, 11) is 0. The van der Waals surface area contributed by atoms with E-state index in [0.717, 1.165) is 25.1 Å². The predicted octanol–water partition coefficient (Wildman–Crippen LogP) is 1.20. The molecule has 0 saturated heterocycles. The normalized spacial score (nSPS) is 10.1. The molecule has 0 atom stereocenters. The second kappa shape index (κ2) is 7.55. The molecule has 18 heavy (non-hydrogen) atoms. The zero-order valence-electron chi connectivity index (χ0n) is 10.7. The molecule has 5 nitrogen and oxygen atoms in total. The van der Waals surface area contributed by atoms with E-state index in [2.05, 4.69) is 10.6 Å². The first-order valence-electron chi connectivity index (χ1n) is 6.21. The first kappa shape index (κ1) is 14.3. The fourth-order valence-electron chi connectivity index (χ4n) is 1.57. The maximum Gasteiger partial charge on any atom is 0.251 e. The number of nitrogen functional groups attached to an aromatic ring is 1. The average Bonchev–Trinajstić information content (AvgIpc) is 2.37. The summed E-state index contributed by atoms with van der Waals surface area (Å²) in [5.74, 6) is -0.101. The lowest BCUT2D eigenvalue weighted by molar-refractivity contribution is 0.0956. The van der Waals surface area contributed by atoms with E-state index >= 15 is 0 Å². The summed E-state index contributed by atoms with van der Waals surface area (Å²) < 4.78 is 0. The summed E-state index contributed by atoms with van der Waals surface area (Å²) >= 11 is 0. The van der Waals surface area contributed by atoms with Gasteiger partial charge in [0.1, 0.15) is 0 Å². The number of anilines is 2. The monoisotopic (exact) mass is 251 g/mol. The Labute approximate surface area is 107 Å². The molecule has 100 valence electrons. The van der Waals surface area contributed by atoms with Crippen LogP contribution in [0.3, 0.4) is 0 Å². The molecule has 0 unspecified atom stereocenters. The van der Waals surface area contributed by atoms with Crippen LogP contribution in [0.5, 0.6) is 0 Å². The Balaban J connectivity index is 2.66. The second-order valence-corrected chi connectivity index (χ2v) is 4.02. The van der Waals surface area contributed by atoms with Gasteiger partial charge in [-0.1, -0.05) is 0 Å². The number of aliphatic hydroxyl groups is 1. The molecule has 5 N–H and O–H groups in total. The first-order chi connectivity index (χ1) is 8.69. The fraction of sp³-hybridized carbons (Fsp3) is 0.462. The Kier molecular flexibility index (Phi) is 6.00. The number of nitrogens with two attached hydrogens (primary N) is 1. The van der Waals surface area contributed by atoms with Crippen molar-refractivity contribution in [2.24, 2.45) is 0 Å². The second-order valence-electron chi connectivity index (χ2n) is 4.02. The van der Waals surface area contributed by atoms with E-state index < -0.39 is 0 Å². The third kappa shape index (κ3) is 4.25. The number of carbonyl (C=O) groups excluding carboxylic acids is 1. The molecule has 0 aromatic heterocycles. The van der Waals surface area contributed by atoms with Gasteiger partial charge in [0.2, 0.25) is 0 Å². The van der Waals surface area contributed by atoms with Gasteiger partial charge in [0.05, 0.1) is 11.4 Å². The largest absolute Gasteiger partial charge is 0.397 e. The van der Waals surface area contributed by atoms with Gasteiger partial charge in [-0.25, -0.2) is 0 Å². The number of aliphatic hydroxyl groups excluding tert-OH is 1. The highest BCUT2D eigenvalue weighted by Crippen LogP contribution is 2.20. The number of benzene rings is 1. The summed E-state index contributed by atoms with van der Waals surface area (Å²) in [5.41, 5.74) is 7.81. The van der Waals surface area contributed by atoms with E-state index in [9.17, 15) is 4.79 Å². The van der Waals surface area contributed by atoms with Crippen LogP contribution in [0.1, 0.15) is 30.1 Å². The van der Waals surface area contributed by atoms with Crippen molar-refractivity contribution in [3.63, 3.8) is 0 Å². The standard InChI is InChI=1S/C13H21N3O2/c1-2-15-13(18)10-5-6-11(14)12(9-10)16-7-3-4-8-17/h5-6,9,16-17H,2-4,7-8,14H2,1H3,(H,15,18). The summed E-state index contributed by atoms with van der Waals surface area (Å²) in [4.78, 5) is 11.7. The summed E-state index contributed by atoms with van der Waals surface area (Å²) in [6.07, 6.45) is 1.62. The van der Waals surface area contributed by atoms with Crippen LogP contribution in [-0.4, -0.2) is 30.7 Å². The molecule has 0 saturated carbocycles. The molecular weight excluding hydrogens is 230 g/mol. The van der Waals surface area contributed by atoms with Crippen LogP contribution in [-0.2, 0) is 0 Å². The smallest absolute Gasteiger partial charge is 0.251 e. The molecule has 5 heteroatoms. The average molecular weight is 251 g/mol. The van der Waals surface area contributed by atoms with Crippen LogP contribution in [0, 0.1) is 0 Å². The maximum atomic E-state index is 11.7. The highest BCUT2D eigenvalue weighted by atomic mass is 16.2. The Hall–Kier alpha value is -1.75. The van der Waals surface area contributed by atoms with Gasteiger partial charge in [-0.15, -0.1) is 0 Å². The molecule has 0 aliphatic heterocycles. The Morgan fingerprint density at radius 2 is 2.17 bits per heavy atom. The van der Waals surface area contributed by atoms with E-state index in [4.69, 9.17) is 10.8 Å². The molecule has 0 fully saturated rings. The molecule has 0 bridgehead atoms. The van der Waals surface area contributed by atoms with E-state index in [1.165, 1.54) is 0 Å². The molecule has 0 aliphatic carbocycles. The lowest BCUT2D eigenvalue weighted by Gasteiger charge is -2.11. The van der Waals surface area contributed by atoms with Crippen molar-refractivity contribution in [3.8, 4) is 0 Å². The minimum atomic E-state index is -0.101. The Bertz CT molecular complexity index is 394. The minimum absolute atomic E-state index is 0.101. The first-order valence-corrected chi connectivity index (χ1v) is 6.21. The molecule has 1 rings (SSSR count). The predicted molar refractivity (Wildman–Crippen MR) is 73.7 cm³/mol. The molecule has 0 radical (unpaired) electrons. The van der Waals surface area contributed by atoms with E-state index in [-0.39, 0.29) is 12.5 Å². The van der Waals surface area contributed by atoms with Gasteiger partial charge in [0.15, 0.2) is 0 Å². The van der Waals surface area contributed by atoms with Crippen molar-refractivity contribution < 1.29 is 9.90 Å². The zero-order valence-corrected chi connectivity index (χ0v) is 10.7. The van der Waals surface area contributed by atoms with Crippen molar-refractivity contribution in [1.82, 2.24) is 5.32 Å². The van der Waals surface area contributed by atoms with Crippen LogP contribution in [0.4, 0.5) is 11.4 Å². The number of amides is 1. The van der Waals surface area contributed by atoms with Crippen LogP contribution in [0.25, 0.3) is 0 Å². The van der Waals surface area contributed by atoms with Gasteiger partial charge in [0, 0.05) is 25.3 Å². The number of rotatable bonds is 7. The molecule has 0 aliphatic rings. The van der Waals surface area contributed by atoms with Crippen molar-refractivity contribution in [2.45, 2.75) is 19.8 Å². The van der Waals surface area contributed by atoms with E-state index in [1.54, 1.807) is 18.2 Å². The van der Waals surface area contributed by atoms with Crippen LogP contribution in [0.15, 0.2) is 18.2 Å². The summed E-state index contributed by atoms with van der Waals surface area (Å²) in [5, 5.41) is 14.6. The number of hydrogen-bond donors (Lipinski definition) is 4. The zero-order chi connectivity index (χ0) is 13.4. The van der Waals surface area contributed by atoms with Gasteiger partial charge in [-0.05, 0) is 38.0 Å². The molecule has 0 heterocycles. The highest BCUT2D eigenvalue weighted by Gasteiger charge is 2.07. The minimum Gasteiger partial charge on any atom is -0.397 e. The number of unbranched alkanes of at least 4 members (excludes halogenated alkanes) is 1. The van der Waals surface area contributed by atoms with Crippen molar-refractivity contribution in [2.75, 3.05) is 30.7 Å². The third-order valence-electron chi connectivity index (χ3n) is 2.55. The molecule has 0 spiro atoms. The Morgan fingerprint density at radius 1 is 1.39 bits per heavy atom. The van der Waals surface area contributed by atoms with Gasteiger partial charge in [-0.2, -0.15) is 0 Å². The van der Waals surface area contributed by atoms with Crippen molar-refractivity contribution in [1.29, 1.82) is 0 Å². The van der Waals surface area contributed by atoms with Crippen LogP contribution in [0.2, 0.25) is 0 Å². The van der Waals surface area contributed by atoms with Crippen molar-refractivity contribution in [3.05, 3.63) is 23.8 Å². The maximum absolute atomic E-state index is 11.7. The number of nitrogens with one attached hydrogen (secondary N) is 2. The molecule has 1 aromatic rings. The lowest BCUT2D eigenvalue weighted by atomic mass is 10.1. The van der Waals surface area contributed by atoms with Gasteiger partial charge < -0.3 is 21.5 Å². The van der Waals surface area contributed by atoms with E-state index in [1.807, 2.05) is 6.92 Å². The number of hydrogen-bond acceptors (Lipinski definition) is 4. The fourth-order valence-corrected chi connectivity index (χ4v) is 1.57. The number of carbonyl (C=O) groups is 1. The SMILES string of the molecule is CCNC(=O)c1ccc(N)c(NCCCCO)c1. The quantitative estimate of drug-likeness (QED) is 0.433. The van der Waals surface area contributed by atoms with Gasteiger partial charge in [-0.3, -0.25) is 4.79 Å². The molecule has 1 amide bonds. The topological polar surface area (TPSA) is 87.4 Å². The van der Waals surface area contributed by atoms with Crippen molar-refractivity contribution >= 4 is 17.3 Å². The third-order valence-corrected chi connectivity index (χ3v) is 2.55. The summed E-state index contributed by atoms with van der Waals surface area (Å²) in [6, 6.07) is 5.18. The van der Waals surface area contributed by atoms with Crippen LogP contribution < -0.4 is 16.4 Å². The lowest BCUT2D eigenvalue weighted by Crippen LogP contribution is -2.22. The molecular formula is C13H21N3O2. The summed E-state index contributed by atoms with van der Waals surface area (Å²) in [6.45, 7) is 3.39. The Morgan fingerprint density at radius 3 is 2.83 bits per heavy atom. The van der Waals surface area contributed by atoms with E-state index in [0.29, 0.717) is 17.8 Å². The van der Waals surface area contributed by atoms with Gasteiger partial charge >= 0.3 is 0 Å². The van der Waals surface area contributed by atoms with Gasteiger partial charge in [0.25, 0.3) is 5.91 Å².